The molecule has 3 rings (SSSR count). The Bertz CT molecular complexity index is 943. The lowest BCUT2D eigenvalue weighted by molar-refractivity contribution is 0.0946. The van der Waals surface area contributed by atoms with E-state index >= 15 is 0 Å². The molecule has 2 aromatic heterocycles. The molecule has 0 bridgehead atoms. The van der Waals surface area contributed by atoms with Gasteiger partial charge >= 0.3 is 0 Å². The highest BCUT2D eigenvalue weighted by molar-refractivity contribution is 5.94. The van der Waals surface area contributed by atoms with Gasteiger partial charge in [-0.2, -0.15) is 14.6 Å². The number of benzene rings is 1. The van der Waals surface area contributed by atoms with E-state index in [1.54, 1.807) is 19.1 Å². The quantitative estimate of drug-likeness (QED) is 0.557. The number of hydrogen-bond acceptors (Lipinski definition) is 6. The number of nitrogens with one attached hydrogen (secondary N) is 1. The first-order valence-electron chi connectivity index (χ1n) is 7.24. The number of phenols is 1. The van der Waals surface area contributed by atoms with Gasteiger partial charge in [-0.1, -0.05) is 5.16 Å². The van der Waals surface area contributed by atoms with Crippen molar-refractivity contribution < 1.29 is 18.8 Å². The van der Waals surface area contributed by atoms with Crippen molar-refractivity contribution in [1.29, 1.82) is 0 Å². The molecule has 0 saturated heterocycles. The second kappa shape index (κ2) is 6.56. The normalized spacial score (nSPS) is 11.2. The van der Waals surface area contributed by atoms with Crippen LogP contribution in [-0.2, 0) is 7.05 Å². The average molecular weight is 343 g/mol. The van der Waals surface area contributed by atoms with Crippen molar-refractivity contribution in [2.45, 2.75) is 6.92 Å². The summed E-state index contributed by atoms with van der Waals surface area (Å²) in [5, 5.41) is 20.6. The number of carbonyl (C=O) groups is 1. The first kappa shape index (κ1) is 16.4. The number of hydrogen-bond donors (Lipinski definition) is 2. The summed E-state index contributed by atoms with van der Waals surface area (Å²) in [5.41, 5.74) is 3.56. The Morgan fingerprint density at radius 1 is 1.40 bits per heavy atom. The van der Waals surface area contributed by atoms with Gasteiger partial charge in [-0.25, -0.2) is 10.1 Å². The predicted molar refractivity (Wildman–Crippen MR) is 86.6 cm³/mol. The first-order valence-corrected chi connectivity index (χ1v) is 7.24. The summed E-state index contributed by atoms with van der Waals surface area (Å²) in [6.45, 7) is 1.63. The fourth-order valence-corrected chi connectivity index (χ4v) is 2.15. The Hall–Kier alpha value is -3.49. The van der Waals surface area contributed by atoms with Crippen LogP contribution < -0.4 is 5.43 Å². The van der Waals surface area contributed by atoms with E-state index in [1.807, 2.05) is 0 Å². The van der Waals surface area contributed by atoms with Crippen molar-refractivity contribution in [1.82, 2.24) is 20.4 Å². The zero-order valence-corrected chi connectivity index (χ0v) is 13.4. The molecule has 3 aromatic rings. The minimum absolute atomic E-state index is 0.0172. The summed E-state index contributed by atoms with van der Waals surface area (Å²) in [6, 6.07) is 7.68. The molecule has 0 radical (unpaired) electrons. The van der Waals surface area contributed by atoms with Crippen LogP contribution in [0.2, 0.25) is 0 Å². The molecular weight excluding hydrogens is 329 g/mol. The molecule has 0 saturated carbocycles. The van der Waals surface area contributed by atoms with Gasteiger partial charge in [0.25, 0.3) is 5.91 Å². The molecule has 0 aliphatic heterocycles. The van der Waals surface area contributed by atoms with Gasteiger partial charge in [-0.3, -0.25) is 4.79 Å². The van der Waals surface area contributed by atoms with E-state index in [2.05, 4.69) is 20.8 Å². The third-order valence-electron chi connectivity index (χ3n) is 3.45. The molecule has 0 aliphatic carbocycles. The fourth-order valence-electron chi connectivity index (χ4n) is 2.15. The van der Waals surface area contributed by atoms with Crippen LogP contribution >= 0.6 is 0 Å². The van der Waals surface area contributed by atoms with E-state index in [4.69, 9.17) is 4.52 Å². The van der Waals surface area contributed by atoms with Crippen molar-refractivity contribution in [2.75, 3.05) is 0 Å². The number of halogens is 1. The van der Waals surface area contributed by atoms with Crippen LogP contribution in [0.4, 0.5) is 4.39 Å². The molecule has 25 heavy (non-hydrogen) atoms. The Kier molecular flexibility index (Phi) is 4.29. The third-order valence-corrected chi connectivity index (χ3v) is 3.45. The van der Waals surface area contributed by atoms with Gasteiger partial charge in [-0.05, 0) is 31.2 Å². The molecule has 0 spiro atoms. The molecule has 8 nitrogen and oxygen atoms in total. The number of rotatable bonds is 4. The van der Waals surface area contributed by atoms with E-state index in [1.165, 1.54) is 31.5 Å². The molecular formula is C16H14FN5O3. The molecule has 1 amide bonds. The number of aryl methyl sites for hydroxylation is 2. The molecule has 1 aromatic carbocycles. The van der Waals surface area contributed by atoms with Crippen molar-refractivity contribution in [3.05, 3.63) is 53.2 Å². The summed E-state index contributed by atoms with van der Waals surface area (Å²) in [7, 11) is 1.47. The second-order valence-corrected chi connectivity index (χ2v) is 5.24. The number of hydrazone groups is 1. The van der Waals surface area contributed by atoms with Crippen LogP contribution in [0.5, 0.6) is 5.75 Å². The topological polar surface area (TPSA) is 106 Å². The van der Waals surface area contributed by atoms with Gasteiger partial charge in [0.1, 0.15) is 5.75 Å². The van der Waals surface area contributed by atoms with E-state index in [0.717, 1.165) is 4.68 Å². The van der Waals surface area contributed by atoms with E-state index in [9.17, 15) is 14.3 Å². The van der Waals surface area contributed by atoms with Gasteiger partial charge in [0, 0.05) is 18.7 Å². The van der Waals surface area contributed by atoms with Crippen molar-refractivity contribution >= 4 is 12.1 Å². The fraction of sp³-hybridized carbons (Fsp3) is 0.125. The summed E-state index contributed by atoms with van der Waals surface area (Å²) in [4.78, 5) is 12.0. The number of phenolic OH excluding ortho intramolecular Hbond substituents is 1. The Balaban J connectivity index is 1.70. The highest BCUT2D eigenvalue weighted by Crippen LogP contribution is 2.22. The Labute approximate surface area is 141 Å². The molecule has 0 unspecified atom stereocenters. The predicted octanol–water partition coefficient (Wildman–Crippen LogP) is 1.99. The average Bonchev–Trinajstić information content (AvgIpc) is 3.16. The van der Waals surface area contributed by atoms with Crippen molar-refractivity contribution in [2.24, 2.45) is 12.1 Å². The zero-order chi connectivity index (χ0) is 18.0. The highest BCUT2D eigenvalue weighted by atomic mass is 19.1. The van der Waals surface area contributed by atoms with E-state index < -0.39 is 11.9 Å². The summed E-state index contributed by atoms with van der Waals surface area (Å²) in [5.74, 6) is -0.671. The van der Waals surface area contributed by atoms with Gasteiger partial charge in [0.05, 0.1) is 17.5 Å². The monoisotopic (exact) mass is 343 g/mol. The Morgan fingerprint density at radius 3 is 2.76 bits per heavy atom. The zero-order valence-electron chi connectivity index (χ0n) is 13.4. The van der Waals surface area contributed by atoms with Crippen LogP contribution in [0.15, 0.2) is 40.0 Å². The SMILES string of the molecule is Cc1nn(C)c(F)c1/C=N\NC(=O)c1cc(-c2ccc(O)cc2)on1. The van der Waals surface area contributed by atoms with Gasteiger partial charge in [-0.15, -0.1) is 0 Å². The molecule has 0 fully saturated rings. The summed E-state index contributed by atoms with van der Waals surface area (Å²) >= 11 is 0. The molecule has 0 aliphatic rings. The first-order chi connectivity index (χ1) is 12.0. The minimum atomic E-state index is -0.605. The maximum Gasteiger partial charge on any atom is 0.293 e. The number of aromatic nitrogens is 3. The third kappa shape index (κ3) is 3.39. The lowest BCUT2D eigenvalue weighted by atomic mass is 10.1. The minimum Gasteiger partial charge on any atom is -0.508 e. The van der Waals surface area contributed by atoms with Crippen LogP contribution in [0, 0.1) is 12.9 Å². The van der Waals surface area contributed by atoms with Crippen molar-refractivity contribution in [3.8, 4) is 17.1 Å². The molecule has 2 N–H and O–H groups in total. The highest BCUT2D eigenvalue weighted by Gasteiger charge is 2.14. The maximum atomic E-state index is 13.7. The lowest BCUT2D eigenvalue weighted by Gasteiger charge is -1.95. The van der Waals surface area contributed by atoms with Gasteiger partial charge in [0.15, 0.2) is 11.5 Å². The lowest BCUT2D eigenvalue weighted by Crippen LogP contribution is -2.18. The molecule has 2 heterocycles. The summed E-state index contributed by atoms with van der Waals surface area (Å²) in [6.07, 6.45) is 1.18. The van der Waals surface area contributed by atoms with Crippen molar-refractivity contribution in [3.63, 3.8) is 0 Å². The largest absolute Gasteiger partial charge is 0.508 e. The van der Waals surface area contributed by atoms with Crippen LogP contribution in [-0.4, -0.2) is 32.2 Å². The van der Waals surface area contributed by atoms with Crippen LogP contribution in [0.25, 0.3) is 11.3 Å². The molecule has 0 atom stereocenters. The number of nitrogens with zero attached hydrogens (tertiary/aromatic N) is 4. The van der Waals surface area contributed by atoms with Crippen LogP contribution in [0.3, 0.4) is 0 Å². The van der Waals surface area contributed by atoms with Crippen LogP contribution in [0.1, 0.15) is 21.7 Å². The summed E-state index contributed by atoms with van der Waals surface area (Å²) < 4.78 is 19.9. The van der Waals surface area contributed by atoms with Gasteiger partial charge in [0.2, 0.25) is 5.95 Å². The molecule has 128 valence electrons. The maximum absolute atomic E-state index is 13.7. The smallest absolute Gasteiger partial charge is 0.293 e. The number of aromatic hydroxyl groups is 1. The molecule has 9 heteroatoms. The second-order valence-electron chi connectivity index (χ2n) is 5.24. The van der Waals surface area contributed by atoms with Gasteiger partial charge < -0.3 is 9.63 Å². The number of amides is 1. The van der Waals surface area contributed by atoms with E-state index in [0.29, 0.717) is 17.0 Å². The number of carbonyl (C=O) groups excluding carboxylic acids is 1. The standard InChI is InChI=1S/C16H14FN5O3/c1-9-12(15(17)22(2)20-9)8-18-19-16(24)13-7-14(25-21-13)10-3-5-11(23)6-4-10/h3-8,23H,1-2H3,(H,19,24)/b18-8-. The Morgan fingerprint density at radius 2 is 2.12 bits per heavy atom. The van der Waals surface area contributed by atoms with E-state index in [-0.39, 0.29) is 17.0 Å².